The highest BCUT2D eigenvalue weighted by molar-refractivity contribution is 8.00. The van der Waals surface area contributed by atoms with E-state index in [1.54, 1.807) is 11.8 Å². The molecule has 5 heteroatoms. The van der Waals surface area contributed by atoms with Crippen LogP contribution in [0.3, 0.4) is 0 Å². The molecular formula is C23H30F3NS. The van der Waals surface area contributed by atoms with Crippen LogP contribution in [0, 0.1) is 18.8 Å². The van der Waals surface area contributed by atoms with Gasteiger partial charge in [0.2, 0.25) is 0 Å². The van der Waals surface area contributed by atoms with Gasteiger partial charge < -0.3 is 4.90 Å². The van der Waals surface area contributed by atoms with Crippen molar-refractivity contribution in [3.05, 3.63) is 66.4 Å². The summed E-state index contributed by atoms with van der Waals surface area (Å²) >= 11 is 1.60. The fourth-order valence-electron chi connectivity index (χ4n) is 3.98. The molecule has 1 aliphatic rings. The van der Waals surface area contributed by atoms with Gasteiger partial charge in [-0.15, -0.1) is 6.58 Å². The summed E-state index contributed by atoms with van der Waals surface area (Å²) in [6.45, 7) is 17.4. The Bertz CT molecular complexity index is 768. The van der Waals surface area contributed by atoms with Crippen LogP contribution in [0.15, 0.2) is 55.3 Å². The van der Waals surface area contributed by atoms with Crippen LogP contribution < -0.4 is 4.90 Å². The highest BCUT2D eigenvalue weighted by atomic mass is 32.2. The second-order valence-electron chi connectivity index (χ2n) is 7.72. The monoisotopic (exact) mass is 409 g/mol. The van der Waals surface area contributed by atoms with E-state index in [1.807, 2.05) is 44.4 Å². The van der Waals surface area contributed by atoms with Crippen molar-refractivity contribution in [3.8, 4) is 0 Å². The van der Waals surface area contributed by atoms with Gasteiger partial charge in [-0.05, 0) is 55.2 Å². The molecule has 3 atom stereocenters. The highest BCUT2D eigenvalue weighted by Crippen LogP contribution is 2.47. The molecule has 154 valence electrons. The number of anilines is 1. The number of halogens is 3. The lowest BCUT2D eigenvalue weighted by molar-refractivity contribution is -0.119. The van der Waals surface area contributed by atoms with Crippen LogP contribution in [0.2, 0.25) is 0 Å². The Morgan fingerprint density at radius 1 is 1.36 bits per heavy atom. The first kappa shape index (κ1) is 22.7. The highest BCUT2D eigenvalue weighted by Gasteiger charge is 2.42. The second-order valence-corrected chi connectivity index (χ2v) is 8.97. The number of fused-ring (bicyclic) bond motifs is 1. The number of benzene rings is 1. The first-order valence-corrected chi connectivity index (χ1v) is 10.7. The molecule has 0 amide bonds. The first-order chi connectivity index (χ1) is 13.0. The van der Waals surface area contributed by atoms with Gasteiger partial charge in [0.05, 0.1) is 4.75 Å². The Balaban J connectivity index is 2.64. The number of thioether (sulfide) groups is 1. The van der Waals surface area contributed by atoms with E-state index in [9.17, 15) is 13.2 Å². The zero-order valence-electron chi connectivity index (χ0n) is 17.2. The van der Waals surface area contributed by atoms with Crippen molar-refractivity contribution in [2.45, 2.75) is 44.5 Å². The molecule has 0 radical (unpaired) electrons. The van der Waals surface area contributed by atoms with E-state index in [0.29, 0.717) is 17.8 Å². The Morgan fingerprint density at radius 3 is 2.50 bits per heavy atom. The number of allylic oxidation sites excluding steroid dienone is 1. The van der Waals surface area contributed by atoms with Gasteiger partial charge in [0.1, 0.15) is 6.54 Å². The average Bonchev–Trinajstić information content (AvgIpc) is 2.74. The van der Waals surface area contributed by atoms with Crippen molar-refractivity contribution in [1.82, 2.24) is 0 Å². The number of rotatable bonds is 6. The zero-order chi connectivity index (χ0) is 21.3. The molecule has 1 nitrogen and oxygen atoms in total. The lowest BCUT2D eigenvalue weighted by atomic mass is 9.76. The molecule has 0 saturated carbocycles. The van der Waals surface area contributed by atoms with E-state index >= 15 is 0 Å². The minimum absolute atomic E-state index is 0.131. The minimum atomic E-state index is -4.33. The lowest BCUT2D eigenvalue weighted by Gasteiger charge is -2.39. The molecular weight excluding hydrogens is 379 g/mol. The van der Waals surface area contributed by atoms with Crippen molar-refractivity contribution in [3.63, 3.8) is 0 Å². The maximum absolute atomic E-state index is 13.5. The van der Waals surface area contributed by atoms with Crippen LogP contribution in [0.4, 0.5) is 18.9 Å². The molecule has 0 N–H and O–H groups in total. The van der Waals surface area contributed by atoms with E-state index in [-0.39, 0.29) is 11.8 Å². The molecule has 1 heterocycles. The number of nitrogens with zero attached hydrogens (tertiary/aromatic N) is 1. The van der Waals surface area contributed by atoms with E-state index in [0.717, 1.165) is 23.1 Å². The molecule has 1 unspecified atom stereocenters. The quantitative estimate of drug-likeness (QED) is 0.468. The summed E-state index contributed by atoms with van der Waals surface area (Å²) in [6.07, 6.45) is 1.00. The fourth-order valence-corrected chi connectivity index (χ4v) is 4.53. The van der Waals surface area contributed by atoms with E-state index in [4.69, 9.17) is 0 Å². The van der Waals surface area contributed by atoms with Crippen LogP contribution in [0.5, 0.6) is 0 Å². The van der Waals surface area contributed by atoms with Crippen LogP contribution in [0.1, 0.15) is 31.4 Å². The van der Waals surface area contributed by atoms with Gasteiger partial charge in [-0.3, -0.25) is 0 Å². The van der Waals surface area contributed by atoms with Crippen molar-refractivity contribution < 1.29 is 13.2 Å². The fraction of sp³-hybridized carbons (Fsp3) is 0.478. The van der Waals surface area contributed by atoms with Gasteiger partial charge >= 0.3 is 6.18 Å². The summed E-state index contributed by atoms with van der Waals surface area (Å²) in [5.41, 5.74) is 3.82. The van der Waals surface area contributed by atoms with Gasteiger partial charge in [0.15, 0.2) is 0 Å². The molecule has 0 bridgehead atoms. The van der Waals surface area contributed by atoms with Crippen molar-refractivity contribution >= 4 is 17.4 Å². The second kappa shape index (κ2) is 8.40. The third-order valence-electron chi connectivity index (χ3n) is 5.88. The topological polar surface area (TPSA) is 3.24 Å². The predicted octanol–water partition coefficient (Wildman–Crippen LogP) is 6.94. The molecule has 0 saturated heterocycles. The summed E-state index contributed by atoms with van der Waals surface area (Å²) in [5.74, 6) is -0.123. The summed E-state index contributed by atoms with van der Waals surface area (Å²) in [5, 5.41) is 0. The maximum Gasteiger partial charge on any atom is 0.406 e. The summed E-state index contributed by atoms with van der Waals surface area (Å²) < 4.78 is 40.0. The molecule has 1 aromatic rings. The van der Waals surface area contributed by atoms with Crippen LogP contribution >= 0.6 is 11.8 Å². The van der Waals surface area contributed by atoms with Gasteiger partial charge in [-0.1, -0.05) is 44.7 Å². The smallest absolute Gasteiger partial charge is 0.336 e. The Labute approximate surface area is 171 Å². The number of aryl methyl sites for hydroxylation is 1. The van der Waals surface area contributed by atoms with Gasteiger partial charge in [0.25, 0.3) is 0 Å². The third kappa shape index (κ3) is 4.51. The third-order valence-corrected chi connectivity index (χ3v) is 7.16. The van der Waals surface area contributed by atoms with Crippen LogP contribution in [-0.4, -0.2) is 23.7 Å². The van der Waals surface area contributed by atoms with E-state index < -0.39 is 17.5 Å². The zero-order valence-corrected chi connectivity index (χ0v) is 18.0. The number of hydrogen-bond acceptors (Lipinski definition) is 2. The SMILES string of the molecule is C=C[C@](C)(SC)C(=C)C1C(=C)N(CC(F)(F)F)c2cc(C)ccc2C[C@@H]1CC. The molecule has 1 aromatic carbocycles. The predicted molar refractivity (Wildman–Crippen MR) is 116 cm³/mol. The Hall–Kier alpha value is -1.62. The Morgan fingerprint density at radius 2 is 2.00 bits per heavy atom. The van der Waals surface area contributed by atoms with Gasteiger partial charge in [0, 0.05) is 17.3 Å². The van der Waals surface area contributed by atoms with Gasteiger partial charge in [-0.25, -0.2) is 0 Å². The van der Waals surface area contributed by atoms with E-state index in [1.165, 1.54) is 4.90 Å². The summed E-state index contributed by atoms with van der Waals surface area (Å²) in [7, 11) is 0. The van der Waals surface area contributed by atoms with Crippen LogP contribution in [0.25, 0.3) is 0 Å². The average molecular weight is 410 g/mol. The summed E-state index contributed by atoms with van der Waals surface area (Å²) in [4.78, 5) is 1.36. The summed E-state index contributed by atoms with van der Waals surface area (Å²) in [6, 6.07) is 5.76. The van der Waals surface area contributed by atoms with Gasteiger partial charge in [-0.2, -0.15) is 24.9 Å². The first-order valence-electron chi connectivity index (χ1n) is 9.48. The van der Waals surface area contributed by atoms with Crippen LogP contribution in [-0.2, 0) is 6.42 Å². The Kier molecular flexibility index (Phi) is 6.80. The molecule has 0 aromatic heterocycles. The number of alkyl halides is 3. The molecule has 28 heavy (non-hydrogen) atoms. The molecule has 1 aliphatic heterocycles. The lowest BCUT2D eigenvalue weighted by Crippen LogP contribution is -2.39. The molecule has 0 spiro atoms. The van der Waals surface area contributed by atoms with Crippen molar-refractivity contribution in [2.24, 2.45) is 11.8 Å². The number of hydrogen-bond donors (Lipinski definition) is 0. The van der Waals surface area contributed by atoms with E-state index in [2.05, 4.69) is 26.7 Å². The molecule has 0 aliphatic carbocycles. The molecule has 2 rings (SSSR count). The standard InChI is InChI=1S/C23H30F3NS/c1-8-18-13-19-11-10-15(3)12-20(19)27(14-23(24,25)26)17(5)21(18)16(4)22(6,9-2)28-7/h9-12,18,21H,2,4-5,8,13-14H2,1,3,6-7H3/t18-,21?,22-/m0/s1. The largest absolute Gasteiger partial charge is 0.406 e. The normalized spacial score (nSPS) is 22.2. The van der Waals surface area contributed by atoms with Crippen molar-refractivity contribution in [2.75, 3.05) is 17.7 Å². The molecule has 0 fully saturated rings. The maximum atomic E-state index is 13.5. The minimum Gasteiger partial charge on any atom is -0.336 e. The van der Waals surface area contributed by atoms with Crippen molar-refractivity contribution in [1.29, 1.82) is 0 Å².